The smallest absolute Gasteiger partial charge is 0.157 e. The van der Waals surface area contributed by atoms with Gasteiger partial charge in [-0.3, -0.25) is 4.79 Å². The highest BCUT2D eigenvalue weighted by atomic mass is 79.9. The Kier molecular flexibility index (Phi) is 3.92. The van der Waals surface area contributed by atoms with Crippen LogP contribution in [0.25, 0.3) is 5.57 Å². The summed E-state index contributed by atoms with van der Waals surface area (Å²) in [6.45, 7) is 0. The predicted octanol–water partition coefficient (Wildman–Crippen LogP) is 4.07. The zero-order chi connectivity index (χ0) is 12.1. The summed E-state index contributed by atoms with van der Waals surface area (Å²) < 4.78 is 1.07. The van der Waals surface area contributed by atoms with E-state index in [1.807, 2.05) is 24.3 Å². The molecule has 1 aliphatic rings. The number of benzene rings is 1. The van der Waals surface area contributed by atoms with Gasteiger partial charge in [0.05, 0.1) is 5.57 Å². The van der Waals surface area contributed by atoms with Crippen LogP contribution in [0.4, 0.5) is 0 Å². The molecule has 0 fully saturated rings. The second-order valence-electron chi connectivity index (χ2n) is 3.69. The first-order valence-corrected chi connectivity index (χ1v) is 6.12. The molecule has 0 bridgehead atoms. The van der Waals surface area contributed by atoms with E-state index in [0.717, 1.165) is 17.2 Å². The molecule has 0 N–H and O–H groups in total. The van der Waals surface area contributed by atoms with Crippen molar-refractivity contribution >= 4 is 27.8 Å². The zero-order valence-corrected chi connectivity index (χ0v) is 10.8. The summed E-state index contributed by atoms with van der Waals surface area (Å²) in [4.78, 5) is 10.6. The number of aldehydes is 1. The molecule has 0 aliphatic heterocycles. The summed E-state index contributed by atoms with van der Waals surface area (Å²) >= 11 is 3.42. The van der Waals surface area contributed by atoms with Gasteiger partial charge in [-0.15, -0.1) is 5.73 Å². The van der Waals surface area contributed by atoms with Crippen molar-refractivity contribution in [3.05, 3.63) is 69.9 Å². The van der Waals surface area contributed by atoms with E-state index in [9.17, 15) is 4.79 Å². The van der Waals surface area contributed by atoms with Gasteiger partial charge in [-0.2, -0.15) is 0 Å². The van der Waals surface area contributed by atoms with Crippen LogP contribution in [-0.4, -0.2) is 6.29 Å². The average molecular weight is 287 g/mol. The van der Waals surface area contributed by atoms with Crippen LogP contribution in [0.15, 0.2) is 64.3 Å². The van der Waals surface area contributed by atoms with Gasteiger partial charge in [0.1, 0.15) is 0 Å². The Labute approximate surface area is 109 Å². The third-order valence-corrected chi connectivity index (χ3v) is 3.04. The highest BCUT2D eigenvalue weighted by Crippen LogP contribution is 2.22. The molecule has 0 radical (unpaired) electrons. The minimum atomic E-state index is 0.580. The Morgan fingerprint density at radius 1 is 1.24 bits per heavy atom. The zero-order valence-electron chi connectivity index (χ0n) is 9.19. The van der Waals surface area contributed by atoms with Crippen molar-refractivity contribution in [1.82, 2.24) is 0 Å². The van der Waals surface area contributed by atoms with Crippen molar-refractivity contribution in [3.8, 4) is 0 Å². The Bertz CT molecular complexity index is 541. The second-order valence-corrected chi connectivity index (χ2v) is 4.61. The van der Waals surface area contributed by atoms with Gasteiger partial charge in [0, 0.05) is 4.47 Å². The van der Waals surface area contributed by atoms with E-state index in [1.54, 1.807) is 12.2 Å². The maximum atomic E-state index is 10.6. The van der Waals surface area contributed by atoms with E-state index >= 15 is 0 Å². The molecule has 1 aliphatic carbocycles. The first kappa shape index (κ1) is 11.8. The maximum absolute atomic E-state index is 10.6. The standard InChI is InChI=1S/C15H11BrO/c16-15-9-7-14(8-10-15)13-5-1-3-12(11-17)4-2-6-13/h1-3,6-11H,5H2/b3-1-,13-6+. The van der Waals surface area contributed by atoms with Crippen molar-refractivity contribution in [2.75, 3.05) is 0 Å². The molecule has 1 aromatic rings. The van der Waals surface area contributed by atoms with Crippen LogP contribution >= 0.6 is 15.9 Å². The van der Waals surface area contributed by atoms with E-state index in [0.29, 0.717) is 5.57 Å². The fourth-order valence-corrected chi connectivity index (χ4v) is 1.88. The topological polar surface area (TPSA) is 17.1 Å². The number of halogens is 1. The minimum Gasteiger partial charge on any atom is -0.297 e. The highest BCUT2D eigenvalue weighted by Gasteiger charge is 2.00. The molecule has 0 heterocycles. The van der Waals surface area contributed by atoms with E-state index < -0.39 is 0 Å². The van der Waals surface area contributed by atoms with Crippen LogP contribution in [0, 0.1) is 0 Å². The van der Waals surface area contributed by atoms with Gasteiger partial charge < -0.3 is 0 Å². The SMILES string of the molecule is O=CC1=C=C/C=C(/c2ccc(Br)cc2)C/C=C\1. The van der Waals surface area contributed by atoms with Crippen LogP contribution in [0.2, 0.25) is 0 Å². The molecular formula is C15H11BrO. The monoisotopic (exact) mass is 286 g/mol. The van der Waals surface area contributed by atoms with Crippen LogP contribution in [0.3, 0.4) is 0 Å². The lowest BCUT2D eigenvalue weighted by Crippen LogP contribution is -1.85. The third-order valence-electron chi connectivity index (χ3n) is 2.51. The predicted molar refractivity (Wildman–Crippen MR) is 73.5 cm³/mol. The largest absolute Gasteiger partial charge is 0.297 e. The quantitative estimate of drug-likeness (QED) is 0.592. The molecule has 0 unspecified atom stereocenters. The molecule has 0 saturated heterocycles. The van der Waals surface area contributed by atoms with Crippen LogP contribution in [0.1, 0.15) is 12.0 Å². The fourth-order valence-electron chi connectivity index (χ4n) is 1.62. The molecule has 17 heavy (non-hydrogen) atoms. The van der Waals surface area contributed by atoms with Crippen LogP contribution in [-0.2, 0) is 4.79 Å². The summed E-state index contributed by atoms with van der Waals surface area (Å²) in [7, 11) is 0. The average Bonchev–Trinajstić information content (AvgIpc) is 2.31. The number of carbonyl (C=O) groups excluding carboxylic acids is 1. The molecule has 0 amide bonds. The Morgan fingerprint density at radius 2 is 2.00 bits per heavy atom. The van der Waals surface area contributed by atoms with Crippen molar-refractivity contribution in [1.29, 1.82) is 0 Å². The Balaban J connectivity index is 2.35. The van der Waals surface area contributed by atoms with Gasteiger partial charge in [0.25, 0.3) is 0 Å². The van der Waals surface area contributed by atoms with Gasteiger partial charge in [0.15, 0.2) is 6.29 Å². The van der Waals surface area contributed by atoms with Crippen LogP contribution in [0.5, 0.6) is 0 Å². The number of allylic oxidation sites excluding steroid dienone is 5. The second kappa shape index (κ2) is 5.62. The number of rotatable bonds is 2. The lowest BCUT2D eigenvalue weighted by molar-refractivity contribution is -0.104. The first-order valence-electron chi connectivity index (χ1n) is 5.33. The molecule has 0 saturated carbocycles. The van der Waals surface area contributed by atoms with Gasteiger partial charge in [-0.25, -0.2) is 0 Å². The third kappa shape index (κ3) is 3.16. The normalized spacial score (nSPS) is 19.6. The summed E-state index contributed by atoms with van der Waals surface area (Å²) in [6.07, 6.45) is 9.20. The fraction of sp³-hybridized carbons (Fsp3) is 0.0667. The van der Waals surface area contributed by atoms with E-state index in [1.165, 1.54) is 11.1 Å². The lowest BCUT2D eigenvalue weighted by atomic mass is 10.0. The molecule has 84 valence electrons. The number of hydrogen-bond donors (Lipinski definition) is 0. The highest BCUT2D eigenvalue weighted by molar-refractivity contribution is 9.10. The minimum absolute atomic E-state index is 0.580. The summed E-state index contributed by atoms with van der Waals surface area (Å²) in [5, 5.41) is 0. The van der Waals surface area contributed by atoms with Crippen molar-refractivity contribution < 1.29 is 4.79 Å². The van der Waals surface area contributed by atoms with Gasteiger partial charge in [-0.05, 0) is 41.8 Å². The molecule has 0 spiro atoms. The molecular weight excluding hydrogens is 276 g/mol. The maximum Gasteiger partial charge on any atom is 0.157 e. The summed E-state index contributed by atoms with van der Waals surface area (Å²) in [5.74, 6) is 0. The van der Waals surface area contributed by atoms with Crippen molar-refractivity contribution in [2.45, 2.75) is 6.42 Å². The molecule has 2 rings (SSSR count). The summed E-state index contributed by atoms with van der Waals surface area (Å²) in [5.41, 5.74) is 5.91. The van der Waals surface area contributed by atoms with Gasteiger partial charge >= 0.3 is 0 Å². The van der Waals surface area contributed by atoms with E-state index in [2.05, 4.69) is 33.8 Å². The summed E-state index contributed by atoms with van der Waals surface area (Å²) in [6, 6.07) is 8.19. The first-order chi connectivity index (χ1) is 8.29. The van der Waals surface area contributed by atoms with Crippen molar-refractivity contribution in [3.63, 3.8) is 0 Å². The Hall–Kier alpha value is -1.63. The van der Waals surface area contributed by atoms with E-state index in [-0.39, 0.29) is 0 Å². The molecule has 0 atom stereocenters. The van der Waals surface area contributed by atoms with Gasteiger partial charge in [-0.1, -0.05) is 40.2 Å². The number of carbonyl (C=O) groups is 1. The Morgan fingerprint density at radius 3 is 2.71 bits per heavy atom. The van der Waals surface area contributed by atoms with Gasteiger partial charge in [0.2, 0.25) is 0 Å². The molecule has 1 nitrogen and oxygen atoms in total. The van der Waals surface area contributed by atoms with Crippen LogP contribution < -0.4 is 0 Å². The lowest BCUT2D eigenvalue weighted by Gasteiger charge is -2.05. The molecule has 2 heteroatoms. The molecule has 0 aromatic heterocycles. The number of hydrogen-bond acceptors (Lipinski definition) is 1. The molecule has 1 aromatic carbocycles. The van der Waals surface area contributed by atoms with Crippen molar-refractivity contribution in [2.24, 2.45) is 0 Å². The van der Waals surface area contributed by atoms with E-state index in [4.69, 9.17) is 0 Å².